The monoisotopic (exact) mass is 155 g/mol. The number of rotatable bonds is 3. The zero-order valence-corrected chi connectivity index (χ0v) is 5.49. The molecule has 0 aliphatic carbocycles. The van der Waals surface area contributed by atoms with Gasteiger partial charge in [0.15, 0.2) is 0 Å². The summed E-state index contributed by atoms with van der Waals surface area (Å²) < 4.78 is 13.7. The van der Waals surface area contributed by atoms with Crippen molar-refractivity contribution in [3.8, 4) is 0 Å². The van der Waals surface area contributed by atoms with E-state index in [2.05, 4.69) is 11.4 Å². The number of hydrogen-bond donors (Lipinski definition) is 3. The predicted molar refractivity (Wildman–Crippen MR) is 29.4 cm³/mol. The van der Waals surface area contributed by atoms with Crippen LogP contribution >= 0.6 is 7.82 Å². The molecule has 0 heterocycles. The fourth-order valence-corrected chi connectivity index (χ4v) is 0.549. The molecule has 0 saturated heterocycles. The quantitative estimate of drug-likeness (QED) is 0.468. The lowest BCUT2D eigenvalue weighted by Crippen LogP contribution is -2.08. The minimum atomic E-state index is -4.42. The van der Waals surface area contributed by atoms with Crippen molar-refractivity contribution in [2.75, 3.05) is 6.61 Å². The molecule has 1 radical (unpaired) electrons. The highest BCUT2D eigenvalue weighted by atomic mass is 31.2. The van der Waals surface area contributed by atoms with Crippen molar-refractivity contribution in [1.29, 1.82) is 0 Å². The third kappa shape index (κ3) is 8.07. The molecule has 5 nitrogen and oxygen atoms in total. The lowest BCUT2D eigenvalue weighted by molar-refractivity contribution is 0.112. The van der Waals surface area contributed by atoms with Crippen LogP contribution in [0.3, 0.4) is 0 Å². The summed E-state index contributed by atoms with van der Waals surface area (Å²) in [5.74, 6) is 0. The molecule has 6 heteroatoms. The maximum absolute atomic E-state index is 9.87. The molecule has 0 amide bonds. The topological polar surface area (TPSA) is 87.0 Å². The summed E-state index contributed by atoms with van der Waals surface area (Å²) in [5.41, 5.74) is 0. The van der Waals surface area contributed by atoms with Gasteiger partial charge in [0.05, 0.1) is 12.7 Å². The normalized spacial score (nSPS) is 15.6. The number of aliphatic hydroxyl groups is 1. The molecule has 0 aliphatic heterocycles. The second kappa shape index (κ2) is 3.29. The Hall–Kier alpha value is 0.0700. The van der Waals surface area contributed by atoms with E-state index in [0.29, 0.717) is 0 Å². The molecular weight excluding hydrogens is 147 g/mol. The summed E-state index contributed by atoms with van der Waals surface area (Å²) in [6.45, 7) is 2.57. The van der Waals surface area contributed by atoms with E-state index in [1.807, 2.05) is 0 Å². The Kier molecular flexibility index (Phi) is 3.32. The lowest BCUT2D eigenvalue weighted by Gasteiger charge is -2.05. The predicted octanol–water partition coefficient (Wildman–Crippen LogP) is -0.709. The number of hydrogen-bond acceptors (Lipinski definition) is 3. The van der Waals surface area contributed by atoms with Crippen molar-refractivity contribution in [1.82, 2.24) is 0 Å². The SMILES string of the molecule is [CH2][C@@H](O)COP(=O)(O)O. The Labute approximate surface area is 52.5 Å². The second-order valence-electron chi connectivity index (χ2n) is 1.44. The molecule has 0 bridgehead atoms. The van der Waals surface area contributed by atoms with Crippen LogP contribution in [0, 0.1) is 6.92 Å². The number of phosphoric ester groups is 1. The highest BCUT2D eigenvalue weighted by Crippen LogP contribution is 2.35. The van der Waals surface area contributed by atoms with Crippen molar-refractivity contribution in [3.05, 3.63) is 6.92 Å². The Bertz CT molecular complexity index is 115. The van der Waals surface area contributed by atoms with Crippen LogP contribution in [0.25, 0.3) is 0 Å². The van der Waals surface area contributed by atoms with E-state index in [4.69, 9.17) is 14.9 Å². The van der Waals surface area contributed by atoms with Crippen molar-refractivity contribution >= 4 is 7.82 Å². The second-order valence-corrected chi connectivity index (χ2v) is 2.68. The van der Waals surface area contributed by atoms with Gasteiger partial charge < -0.3 is 14.9 Å². The molecule has 0 rings (SSSR count). The van der Waals surface area contributed by atoms with Gasteiger partial charge in [0.1, 0.15) is 0 Å². The first kappa shape index (κ1) is 9.07. The number of phosphoric acid groups is 1. The van der Waals surface area contributed by atoms with Gasteiger partial charge in [-0.1, -0.05) is 0 Å². The summed E-state index contributed by atoms with van der Waals surface area (Å²) in [6.07, 6.45) is -1.10. The molecule has 0 unspecified atom stereocenters. The minimum absolute atomic E-state index is 0.454. The Morgan fingerprint density at radius 3 is 2.22 bits per heavy atom. The smallest absolute Gasteiger partial charge is 0.391 e. The third-order valence-corrected chi connectivity index (χ3v) is 0.921. The van der Waals surface area contributed by atoms with E-state index in [-0.39, 0.29) is 0 Å². The highest BCUT2D eigenvalue weighted by Gasteiger charge is 2.14. The van der Waals surface area contributed by atoms with Crippen LogP contribution in [0.5, 0.6) is 0 Å². The maximum atomic E-state index is 9.87. The molecule has 0 aromatic carbocycles. The summed E-state index contributed by atoms with van der Waals surface area (Å²) in [6, 6.07) is 0. The molecule has 0 aromatic rings. The van der Waals surface area contributed by atoms with E-state index >= 15 is 0 Å². The summed E-state index contributed by atoms with van der Waals surface area (Å²) in [5, 5.41) is 8.34. The molecule has 0 aliphatic rings. The summed E-state index contributed by atoms with van der Waals surface area (Å²) in [7, 11) is -4.42. The van der Waals surface area contributed by atoms with E-state index in [9.17, 15) is 4.57 Å². The molecule has 0 fully saturated rings. The first-order valence-corrected chi connectivity index (χ1v) is 3.66. The first-order valence-electron chi connectivity index (χ1n) is 2.13. The molecule has 0 spiro atoms. The van der Waals surface area contributed by atoms with Crippen molar-refractivity contribution in [3.63, 3.8) is 0 Å². The molecule has 9 heavy (non-hydrogen) atoms. The van der Waals surface area contributed by atoms with Crippen LogP contribution in [0.1, 0.15) is 0 Å². The average Bonchev–Trinajstić information content (AvgIpc) is 1.59. The molecule has 3 N–H and O–H groups in total. The van der Waals surface area contributed by atoms with E-state index in [0.717, 1.165) is 0 Å². The van der Waals surface area contributed by atoms with Gasteiger partial charge in [-0.05, 0) is 6.92 Å². The zero-order valence-electron chi connectivity index (χ0n) is 4.60. The Morgan fingerprint density at radius 1 is 1.67 bits per heavy atom. The van der Waals surface area contributed by atoms with E-state index in [1.165, 1.54) is 0 Å². The molecule has 0 aromatic heterocycles. The van der Waals surface area contributed by atoms with E-state index < -0.39 is 20.5 Å². The van der Waals surface area contributed by atoms with E-state index in [1.54, 1.807) is 0 Å². The average molecular weight is 155 g/mol. The largest absolute Gasteiger partial charge is 0.469 e. The summed E-state index contributed by atoms with van der Waals surface area (Å²) in [4.78, 5) is 16.0. The van der Waals surface area contributed by atoms with Crippen molar-refractivity contribution in [2.24, 2.45) is 0 Å². The molecule has 0 saturated carbocycles. The minimum Gasteiger partial charge on any atom is -0.391 e. The summed E-state index contributed by atoms with van der Waals surface area (Å²) >= 11 is 0. The van der Waals surface area contributed by atoms with Gasteiger partial charge in [-0.2, -0.15) is 0 Å². The maximum Gasteiger partial charge on any atom is 0.469 e. The fraction of sp³-hybridized carbons (Fsp3) is 0.667. The van der Waals surface area contributed by atoms with Gasteiger partial charge >= 0.3 is 7.82 Å². The Balaban J connectivity index is 3.40. The third-order valence-electron chi connectivity index (χ3n) is 0.435. The van der Waals surface area contributed by atoms with Crippen LogP contribution in [0.4, 0.5) is 0 Å². The van der Waals surface area contributed by atoms with Crippen LogP contribution in [-0.4, -0.2) is 27.6 Å². The van der Waals surface area contributed by atoms with Gasteiger partial charge in [0.2, 0.25) is 0 Å². The van der Waals surface area contributed by atoms with Gasteiger partial charge in [0, 0.05) is 0 Å². The van der Waals surface area contributed by atoms with Crippen LogP contribution in [-0.2, 0) is 9.09 Å². The molecular formula is C3H8O5P. The highest BCUT2D eigenvalue weighted by molar-refractivity contribution is 7.46. The van der Waals surface area contributed by atoms with Crippen LogP contribution in [0.2, 0.25) is 0 Å². The van der Waals surface area contributed by atoms with Crippen molar-refractivity contribution in [2.45, 2.75) is 6.10 Å². The van der Waals surface area contributed by atoms with Crippen LogP contribution in [0.15, 0.2) is 0 Å². The lowest BCUT2D eigenvalue weighted by atomic mass is 10.5. The van der Waals surface area contributed by atoms with Crippen LogP contribution < -0.4 is 0 Å². The van der Waals surface area contributed by atoms with Gasteiger partial charge in [-0.3, -0.25) is 4.52 Å². The Morgan fingerprint density at radius 2 is 2.11 bits per heavy atom. The fourth-order valence-electron chi connectivity index (χ4n) is 0.183. The van der Waals surface area contributed by atoms with Gasteiger partial charge in [0.25, 0.3) is 0 Å². The molecule has 55 valence electrons. The van der Waals surface area contributed by atoms with Gasteiger partial charge in [-0.15, -0.1) is 0 Å². The number of aliphatic hydroxyl groups excluding tert-OH is 1. The molecule has 1 atom stereocenters. The van der Waals surface area contributed by atoms with Crippen molar-refractivity contribution < 1.29 is 24.0 Å². The standard InChI is InChI=1S/C3H8O5P/c1-3(4)2-8-9(5,6)7/h3-4H,1-2H2,(H2,5,6,7)/t3-/m1/s1. The first-order chi connectivity index (χ1) is 3.92. The zero-order chi connectivity index (χ0) is 7.49. The van der Waals surface area contributed by atoms with Gasteiger partial charge in [-0.25, -0.2) is 4.57 Å².